The Kier molecular flexibility index (Phi) is 6.02. The number of carboxylic acids is 1. The number of hydrogen-bond donors (Lipinski definition) is 4. The van der Waals surface area contributed by atoms with Gasteiger partial charge in [-0.15, -0.1) is 0 Å². The van der Waals surface area contributed by atoms with Gasteiger partial charge in [0.1, 0.15) is 0 Å². The van der Waals surface area contributed by atoms with E-state index in [0.29, 0.717) is 6.54 Å². The molecule has 4 N–H and O–H groups in total. The van der Waals surface area contributed by atoms with Crippen molar-refractivity contribution in [1.29, 1.82) is 0 Å². The Morgan fingerprint density at radius 1 is 1.18 bits per heavy atom. The zero-order chi connectivity index (χ0) is 16.1. The molecule has 0 saturated heterocycles. The summed E-state index contributed by atoms with van der Waals surface area (Å²) in [6.45, 7) is 2.69. The van der Waals surface area contributed by atoms with Gasteiger partial charge in [-0.2, -0.15) is 0 Å². The Labute approximate surface area is 131 Å². The van der Waals surface area contributed by atoms with E-state index < -0.39 is 12.1 Å². The first kappa shape index (κ1) is 17.0. The number of rotatable bonds is 6. The Morgan fingerprint density at radius 3 is 2.45 bits per heavy atom. The van der Waals surface area contributed by atoms with Gasteiger partial charge in [-0.3, -0.25) is 9.69 Å². The zero-order valence-corrected chi connectivity index (χ0v) is 13.1. The van der Waals surface area contributed by atoms with Gasteiger partial charge < -0.3 is 20.8 Å². The van der Waals surface area contributed by atoms with Crippen LogP contribution in [0.2, 0.25) is 0 Å². The molecule has 2 aliphatic carbocycles. The summed E-state index contributed by atoms with van der Waals surface area (Å²) in [5.74, 6) is -0.817. The highest BCUT2D eigenvalue weighted by Gasteiger charge is 2.35. The molecule has 7 nitrogen and oxygen atoms in total. The molecule has 2 amide bonds. The van der Waals surface area contributed by atoms with Crippen LogP contribution in [0, 0.1) is 0 Å². The summed E-state index contributed by atoms with van der Waals surface area (Å²) in [6.07, 6.45) is 4.74. The first-order valence-corrected chi connectivity index (χ1v) is 8.20. The van der Waals surface area contributed by atoms with Crippen molar-refractivity contribution in [2.45, 2.75) is 69.7 Å². The maximum absolute atomic E-state index is 11.9. The highest BCUT2D eigenvalue weighted by molar-refractivity contribution is 5.74. The van der Waals surface area contributed by atoms with Crippen molar-refractivity contribution in [3.05, 3.63) is 0 Å². The molecule has 0 aromatic heterocycles. The third-order valence-electron chi connectivity index (χ3n) is 4.76. The fourth-order valence-corrected chi connectivity index (χ4v) is 3.35. The highest BCUT2D eigenvalue weighted by Crippen LogP contribution is 2.25. The Balaban J connectivity index is 1.68. The second-order valence-corrected chi connectivity index (χ2v) is 6.36. The predicted molar refractivity (Wildman–Crippen MR) is 81.6 cm³/mol. The monoisotopic (exact) mass is 313 g/mol. The summed E-state index contributed by atoms with van der Waals surface area (Å²) < 4.78 is 0. The number of carbonyl (C=O) groups excluding carboxylic acids is 1. The second kappa shape index (κ2) is 7.78. The van der Waals surface area contributed by atoms with Gasteiger partial charge in [0.2, 0.25) is 0 Å². The summed E-state index contributed by atoms with van der Waals surface area (Å²) >= 11 is 0. The third kappa shape index (κ3) is 4.58. The van der Waals surface area contributed by atoms with Gasteiger partial charge in [0, 0.05) is 12.1 Å². The fraction of sp³-hybridized carbons (Fsp3) is 0.867. The molecule has 126 valence electrons. The zero-order valence-electron chi connectivity index (χ0n) is 13.1. The minimum absolute atomic E-state index is 0.0499. The van der Waals surface area contributed by atoms with E-state index in [1.807, 2.05) is 11.8 Å². The molecule has 0 aromatic carbocycles. The molecular weight excluding hydrogens is 286 g/mol. The molecule has 2 rings (SSSR count). The van der Waals surface area contributed by atoms with E-state index >= 15 is 0 Å². The summed E-state index contributed by atoms with van der Waals surface area (Å²) in [5, 5.41) is 24.5. The van der Waals surface area contributed by atoms with Crippen LogP contribution in [-0.4, -0.2) is 64.4 Å². The molecule has 2 fully saturated rings. The lowest BCUT2D eigenvalue weighted by Crippen LogP contribution is -2.58. The van der Waals surface area contributed by atoms with E-state index in [-0.39, 0.29) is 30.7 Å². The number of aliphatic hydroxyl groups excluding tert-OH is 1. The number of hydrogen-bond acceptors (Lipinski definition) is 4. The molecule has 2 atom stereocenters. The Bertz CT molecular complexity index is 398. The van der Waals surface area contributed by atoms with Crippen molar-refractivity contribution < 1.29 is 19.8 Å². The fourth-order valence-electron chi connectivity index (χ4n) is 3.35. The molecule has 7 heteroatoms. The molecule has 0 bridgehead atoms. The van der Waals surface area contributed by atoms with E-state index in [0.717, 1.165) is 38.5 Å². The van der Waals surface area contributed by atoms with Gasteiger partial charge in [0.25, 0.3) is 0 Å². The highest BCUT2D eigenvalue weighted by atomic mass is 16.4. The summed E-state index contributed by atoms with van der Waals surface area (Å²) in [4.78, 5) is 24.6. The lowest BCUT2D eigenvalue weighted by Gasteiger charge is -2.42. The number of aliphatic hydroxyl groups is 1. The predicted octanol–water partition coefficient (Wildman–Crippen LogP) is 0.527. The molecule has 0 heterocycles. The SMILES string of the molecule is CCN(CC(=O)O)C1CC(NC(=O)N[C@H]2CCCC[C@@H]2O)C1. The van der Waals surface area contributed by atoms with Crippen LogP contribution in [0.5, 0.6) is 0 Å². The van der Waals surface area contributed by atoms with Crippen LogP contribution in [0.1, 0.15) is 45.4 Å². The molecule has 0 radical (unpaired) electrons. The number of likely N-dealkylation sites (N-methyl/N-ethyl adjacent to an activating group) is 1. The van der Waals surface area contributed by atoms with Gasteiger partial charge in [-0.1, -0.05) is 19.8 Å². The van der Waals surface area contributed by atoms with Crippen LogP contribution in [0.4, 0.5) is 4.79 Å². The molecule has 2 saturated carbocycles. The topological polar surface area (TPSA) is 102 Å². The Morgan fingerprint density at radius 2 is 1.86 bits per heavy atom. The maximum Gasteiger partial charge on any atom is 0.317 e. The number of nitrogens with zero attached hydrogens (tertiary/aromatic N) is 1. The lowest BCUT2D eigenvalue weighted by atomic mass is 9.85. The second-order valence-electron chi connectivity index (χ2n) is 6.36. The van der Waals surface area contributed by atoms with Crippen LogP contribution in [0.3, 0.4) is 0 Å². The van der Waals surface area contributed by atoms with Crippen molar-refractivity contribution in [1.82, 2.24) is 15.5 Å². The van der Waals surface area contributed by atoms with Crippen LogP contribution in [0.25, 0.3) is 0 Å². The van der Waals surface area contributed by atoms with Crippen LogP contribution in [0.15, 0.2) is 0 Å². The summed E-state index contributed by atoms with van der Waals surface area (Å²) in [6, 6.07) is -0.0558. The minimum Gasteiger partial charge on any atom is -0.480 e. The van der Waals surface area contributed by atoms with Crippen molar-refractivity contribution in [3.8, 4) is 0 Å². The number of carboxylic acid groups (broad SMARTS) is 1. The van der Waals surface area contributed by atoms with E-state index in [4.69, 9.17) is 5.11 Å². The molecule has 0 spiro atoms. The van der Waals surface area contributed by atoms with E-state index in [2.05, 4.69) is 10.6 Å². The number of carbonyl (C=O) groups is 2. The number of amides is 2. The summed E-state index contributed by atoms with van der Waals surface area (Å²) in [7, 11) is 0. The average molecular weight is 313 g/mol. The molecule has 2 aliphatic rings. The summed E-state index contributed by atoms with van der Waals surface area (Å²) in [5.41, 5.74) is 0. The van der Waals surface area contributed by atoms with Gasteiger partial charge in [-0.05, 0) is 32.2 Å². The molecule has 0 aliphatic heterocycles. The Hall–Kier alpha value is -1.34. The van der Waals surface area contributed by atoms with Crippen LogP contribution in [-0.2, 0) is 4.79 Å². The number of nitrogens with one attached hydrogen (secondary N) is 2. The first-order valence-electron chi connectivity index (χ1n) is 8.20. The number of urea groups is 1. The van der Waals surface area contributed by atoms with Crippen molar-refractivity contribution in [2.24, 2.45) is 0 Å². The van der Waals surface area contributed by atoms with Crippen LogP contribution < -0.4 is 10.6 Å². The average Bonchev–Trinajstić information content (AvgIpc) is 2.42. The van der Waals surface area contributed by atoms with E-state index in [1.54, 1.807) is 0 Å². The number of aliphatic carboxylic acids is 1. The van der Waals surface area contributed by atoms with Gasteiger partial charge in [0.15, 0.2) is 0 Å². The minimum atomic E-state index is -0.817. The largest absolute Gasteiger partial charge is 0.480 e. The van der Waals surface area contributed by atoms with Crippen molar-refractivity contribution >= 4 is 12.0 Å². The quantitative estimate of drug-likeness (QED) is 0.573. The van der Waals surface area contributed by atoms with E-state index in [1.165, 1.54) is 0 Å². The molecule has 22 heavy (non-hydrogen) atoms. The van der Waals surface area contributed by atoms with Gasteiger partial charge in [-0.25, -0.2) is 4.79 Å². The molecule has 0 aromatic rings. The smallest absolute Gasteiger partial charge is 0.317 e. The van der Waals surface area contributed by atoms with Gasteiger partial charge >= 0.3 is 12.0 Å². The van der Waals surface area contributed by atoms with Gasteiger partial charge in [0.05, 0.1) is 18.7 Å². The molecule has 0 unspecified atom stereocenters. The normalized spacial score (nSPS) is 31.4. The van der Waals surface area contributed by atoms with Crippen LogP contribution >= 0.6 is 0 Å². The first-order chi connectivity index (χ1) is 10.5. The van der Waals surface area contributed by atoms with Crippen molar-refractivity contribution in [2.75, 3.05) is 13.1 Å². The van der Waals surface area contributed by atoms with Crippen molar-refractivity contribution in [3.63, 3.8) is 0 Å². The standard InChI is InChI=1S/C15H27N3O4/c1-2-18(9-14(20)21)11-7-10(8-11)16-15(22)17-12-5-3-4-6-13(12)19/h10-13,19H,2-9H2,1H3,(H,20,21)(H2,16,17,22)/t10?,11?,12-,13-/m0/s1. The van der Waals surface area contributed by atoms with E-state index in [9.17, 15) is 14.7 Å². The maximum atomic E-state index is 11.9. The third-order valence-corrected chi connectivity index (χ3v) is 4.76. The molecular formula is C15H27N3O4. The lowest BCUT2D eigenvalue weighted by molar-refractivity contribution is -0.139.